The van der Waals surface area contributed by atoms with Gasteiger partial charge in [-0.3, -0.25) is 9.88 Å². The molecular weight excluding hydrogens is 355 g/mol. The molecule has 0 saturated carbocycles. The standard InChI is InChI=1S/C19H20F3N5/c1-13-9-18-24-16(10-17(19(20,21)22)27(18)25-13)14-5-4-8-26(11-14)12-15-6-2-3-7-23-15/h2-3,6-7,9-10,14H,4-5,8,11-12H2,1H3. The Bertz CT molecular complexity index is 936. The Kier molecular flexibility index (Phi) is 4.59. The van der Waals surface area contributed by atoms with Gasteiger partial charge in [-0.1, -0.05) is 6.07 Å². The first-order valence-corrected chi connectivity index (χ1v) is 8.97. The minimum Gasteiger partial charge on any atom is -0.297 e. The van der Waals surface area contributed by atoms with Crippen molar-refractivity contribution in [3.05, 3.63) is 59.3 Å². The SMILES string of the molecule is Cc1cc2nc(C3CCCN(Cc4ccccn4)C3)cc(C(F)(F)F)n2n1. The normalized spacial score (nSPS) is 18.9. The fraction of sp³-hybridized carbons (Fsp3) is 0.421. The predicted molar refractivity (Wildman–Crippen MR) is 94.2 cm³/mol. The van der Waals surface area contributed by atoms with E-state index in [1.165, 1.54) is 0 Å². The number of alkyl halides is 3. The van der Waals surface area contributed by atoms with Gasteiger partial charge in [-0.2, -0.15) is 18.3 Å². The molecule has 1 fully saturated rings. The summed E-state index contributed by atoms with van der Waals surface area (Å²) in [6.45, 7) is 3.94. The molecule has 1 atom stereocenters. The van der Waals surface area contributed by atoms with Crippen molar-refractivity contribution in [2.75, 3.05) is 13.1 Å². The van der Waals surface area contributed by atoms with Gasteiger partial charge in [-0.15, -0.1) is 0 Å². The van der Waals surface area contributed by atoms with Crippen LogP contribution >= 0.6 is 0 Å². The molecule has 0 aromatic carbocycles. The zero-order valence-corrected chi connectivity index (χ0v) is 14.9. The molecule has 27 heavy (non-hydrogen) atoms. The van der Waals surface area contributed by atoms with Gasteiger partial charge in [0.2, 0.25) is 0 Å². The van der Waals surface area contributed by atoms with Gasteiger partial charge in [0.15, 0.2) is 5.65 Å². The van der Waals surface area contributed by atoms with E-state index in [1.54, 1.807) is 19.2 Å². The van der Waals surface area contributed by atoms with Crippen molar-refractivity contribution in [1.29, 1.82) is 0 Å². The van der Waals surface area contributed by atoms with Crippen LogP contribution in [0.4, 0.5) is 13.2 Å². The van der Waals surface area contributed by atoms with E-state index in [-0.39, 0.29) is 11.6 Å². The van der Waals surface area contributed by atoms with Gasteiger partial charge >= 0.3 is 6.18 Å². The van der Waals surface area contributed by atoms with Gasteiger partial charge in [-0.25, -0.2) is 9.50 Å². The molecule has 4 rings (SSSR count). The van der Waals surface area contributed by atoms with Crippen molar-refractivity contribution < 1.29 is 13.2 Å². The monoisotopic (exact) mass is 375 g/mol. The minimum absolute atomic E-state index is 0.0382. The lowest BCUT2D eigenvalue weighted by Crippen LogP contribution is -2.34. The fourth-order valence-electron chi connectivity index (χ4n) is 3.68. The Hall–Kier alpha value is -2.48. The summed E-state index contributed by atoms with van der Waals surface area (Å²) in [5.74, 6) is -0.0382. The molecule has 4 heterocycles. The lowest BCUT2D eigenvalue weighted by atomic mass is 9.94. The molecule has 0 radical (unpaired) electrons. The Balaban J connectivity index is 1.63. The number of pyridine rings is 1. The van der Waals surface area contributed by atoms with Crippen LogP contribution in [-0.2, 0) is 12.7 Å². The number of likely N-dealkylation sites (tertiary alicyclic amines) is 1. The van der Waals surface area contributed by atoms with Crippen LogP contribution in [-0.4, -0.2) is 37.6 Å². The molecule has 0 N–H and O–H groups in total. The van der Waals surface area contributed by atoms with Crippen molar-refractivity contribution >= 4 is 5.65 Å². The maximum Gasteiger partial charge on any atom is 0.433 e. The first kappa shape index (κ1) is 17.9. The average molecular weight is 375 g/mol. The number of piperidine rings is 1. The minimum atomic E-state index is -4.48. The van der Waals surface area contributed by atoms with E-state index in [4.69, 9.17) is 0 Å². The van der Waals surface area contributed by atoms with Crippen LogP contribution in [0.25, 0.3) is 5.65 Å². The molecule has 0 aliphatic carbocycles. The third kappa shape index (κ3) is 3.80. The van der Waals surface area contributed by atoms with E-state index in [2.05, 4.69) is 20.0 Å². The first-order valence-electron chi connectivity index (χ1n) is 8.97. The van der Waals surface area contributed by atoms with Crippen molar-refractivity contribution in [2.24, 2.45) is 0 Å². The molecule has 8 heteroatoms. The number of halogens is 3. The summed E-state index contributed by atoms with van der Waals surface area (Å²) in [7, 11) is 0. The van der Waals surface area contributed by atoms with Gasteiger partial charge in [0, 0.05) is 37.0 Å². The maximum atomic E-state index is 13.5. The lowest BCUT2D eigenvalue weighted by Gasteiger charge is -2.32. The first-order chi connectivity index (χ1) is 12.9. The Morgan fingerprint density at radius 1 is 1.22 bits per heavy atom. The van der Waals surface area contributed by atoms with Gasteiger partial charge in [0.25, 0.3) is 0 Å². The molecule has 142 valence electrons. The number of fused-ring (bicyclic) bond motifs is 1. The highest BCUT2D eigenvalue weighted by Crippen LogP contribution is 2.33. The van der Waals surface area contributed by atoms with Crippen LogP contribution in [0.3, 0.4) is 0 Å². The summed E-state index contributed by atoms with van der Waals surface area (Å²) in [5.41, 5.74) is 1.45. The zero-order chi connectivity index (χ0) is 19.0. The Labute approximate surface area is 154 Å². The Morgan fingerprint density at radius 2 is 2.07 bits per heavy atom. The van der Waals surface area contributed by atoms with Crippen LogP contribution in [0.15, 0.2) is 36.5 Å². The summed E-state index contributed by atoms with van der Waals surface area (Å²) < 4.78 is 41.5. The number of nitrogens with zero attached hydrogens (tertiary/aromatic N) is 5. The Morgan fingerprint density at radius 3 is 2.81 bits per heavy atom. The predicted octanol–water partition coefficient (Wildman–Crippen LogP) is 3.83. The van der Waals surface area contributed by atoms with Crippen molar-refractivity contribution in [2.45, 2.75) is 38.4 Å². The fourth-order valence-corrected chi connectivity index (χ4v) is 3.68. The quantitative estimate of drug-likeness (QED) is 0.698. The molecule has 0 spiro atoms. The third-order valence-corrected chi connectivity index (χ3v) is 4.90. The smallest absolute Gasteiger partial charge is 0.297 e. The van der Waals surface area contributed by atoms with E-state index in [1.807, 2.05) is 18.2 Å². The topological polar surface area (TPSA) is 46.3 Å². The highest BCUT2D eigenvalue weighted by molar-refractivity contribution is 5.43. The second-order valence-electron chi connectivity index (χ2n) is 7.02. The van der Waals surface area contributed by atoms with Crippen LogP contribution in [0.2, 0.25) is 0 Å². The summed E-state index contributed by atoms with van der Waals surface area (Å²) in [6, 6.07) is 8.52. The van der Waals surface area contributed by atoms with Crippen molar-refractivity contribution in [3.63, 3.8) is 0 Å². The van der Waals surface area contributed by atoms with Crippen molar-refractivity contribution in [3.8, 4) is 0 Å². The van der Waals surface area contributed by atoms with Crippen LogP contribution in [0.1, 0.15) is 41.5 Å². The molecule has 0 bridgehead atoms. The largest absolute Gasteiger partial charge is 0.433 e. The van der Waals surface area contributed by atoms with Crippen molar-refractivity contribution in [1.82, 2.24) is 24.5 Å². The zero-order valence-electron chi connectivity index (χ0n) is 14.9. The highest BCUT2D eigenvalue weighted by Gasteiger charge is 2.36. The molecule has 3 aromatic rings. The molecule has 5 nitrogen and oxygen atoms in total. The van der Waals surface area contributed by atoms with Gasteiger partial charge in [0.1, 0.15) is 5.69 Å². The maximum absolute atomic E-state index is 13.5. The average Bonchev–Trinajstić information content (AvgIpc) is 3.01. The second-order valence-corrected chi connectivity index (χ2v) is 7.02. The van der Waals surface area contributed by atoms with E-state index in [9.17, 15) is 13.2 Å². The van der Waals surface area contributed by atoms with E-state index in [0.717, 1.165) is 35.7 Å². The molecule has 1 aliphatic rings. The van der Waals surface area contributed by atoms with Crippen LogP contribution in [0, 0.1) is 6.92 Å². The van der Waals surface area contributed by atoms with E-state index < -0.39 is 11.9 Å². The number of aromatic nitrogens is 4. The summed E-state index contributed by atoms with van der Waals surface area (Å²) in [4.78, 5) is 11.1. The molecular formula is C19H20F3N5. The van der Waals surface area contributed by atoms with E-state index in [0.29, 0.717) is 24.5 Å². The molecule has 1 saturated heterocycles. The van der Waals surface area contributed by atoms with Crippen LogP contribution < -0.4 is 0 Å². The van der Waals surface area contributed by atoms with Gasteiger partial charge in [-0.05, 0) is 44.5 Å². The highest BCUT2D eigenvalue weighted by atomic mass is 19.4. The van der Waals surface area contributed by atoms with Gasteiger partial charge in [0.05, 0.1) is 11.4 Å². The number of hydrogen-bond acceptors (Lipinski definition) is 4. The summed E-state index contributed by atoms with van der Waals surface area (Å²) in [6.07, 6.45) is -0.975. The molecule has 3 aromatic heterocycles. The summed E-state index contributed by atoms with van der Waals surface area (Å²) in [5, 5.41) is 3.95. The molecule has 1 aliphatic heterocycles. The third-order valence-electron chi connectivity index (χ3n) is 4.90. The lowest BCUT2D eigenvalue weighted by molar-refractivity contribution is -0.142. The van der Waals surface area contributed by atoms with E-state index >= 15 is 0 Å². The number of aryl methyl sites for hydroxylation is 1. The van der Waals surface area contributed by atoms with Crippen LogP contribution in [0.5, 0.6) is 0 Å². The second kappa shape index (κ2) is 6.92. The van der Waals surface area contributed by atoms with Gasteiger partial charge < -0.3 is 0 Å². The molecule has 1 unspecified atom stereocenters. The number of hydrogen-bond donors (Lipinski definition) is 0. The number of rotatable bonds is 3. The summed E-state index contributed by atoms with van der Waals surface area (Å²) >= 11 is 0. The molecule has 0 amide bonds.